The van der Waals surface area contributed by atoms with Crippen LogP contribution in [0, 0.1) is 0 Å². The molecule has 0 aliphatic heterocycles. The highest BCUT2D eigenvalue weighted by atomic mass is 16.6. The summed E-state index contributed by atoms with van der Waals surface area (Å²) in [7, 11) is 0. The molecule has 7 heteroatoms. The molecular formula is C19H22N4O3. The van der Waals surface area contributed by atoms with Crippen LogP contribution in [-0.4, -0.2) is 32.2 Å². The molecule has 0 aliphatic rings. The van der Waals surface area contributed by atoms with Crippen molar-refractivity contribution < 1.29 is 14.6 Å². The van der Waals surface area contributed by atoms with Gasteiger partial charge in [0.1, 0.15) is 0 Å². The molecular weight excluding hydrogens is 332 g/mol. The molecule has 136 valence electrons. The smallest absolute Gasteiger partial charge is 0.406 e. The third-order valence-corrected chi connectivity index (χ3v) is 3.82. The van der Waals surface area contributed by atoms with Gasteiger partial charge in [0.2, 0.25) is 0 Å². The molecule has 7 nitrogen and oxygen atoms in total. The number of nitrogens with zero attached hydrogens (tertiary/aromatic N) is 2. The molecule has 0 aliphatic carbocycles. The molecule has 3 aromatic rings. The maximum absolute atomic E-state index is 11.9. The van der Waals surface area contributed by atoms with Crippen LogP contribution in [0.2, 0.25) is 0 Å². The van der Waals surface area contributed by atoms with E-state index in [4.69, 9.17) is 4.74 Å². The number of aromatic amines is 1. The first kappa shape index (κ1) is 17.9. The predicted octanol–water partition coefficient (Wildman–Crippen LogP) is 3.35. The van der Waals surface area contributed by atoms with Gasteiger partial charge in [-0.2, -0.15) is 0 Å². The molecule has 0 spiro atoms. The van der Waals surface area contributed by atoms with Gasteiger partial charge in [-0.15, -0.1) is 0 Å². The van der Waals surface area contributed by atoms with Gasteiger partial charge in [-0.25, -0.2) is 14.8 Å². The number of hydrogen-bond acceptors (Lipinski definition) is 5. The Labute approximate surface area is 151 Å². The van der Waals surface area contributed by atoms with E-state index in [1.165, 1.54) is 0 Å². The van der Waals surface area contributed by atoms with Crippen LogP contribution in [-0.2, 0) is 5.60 Å². The highest BCUT2D eigenvalue weighted by molar-refractivity contribution is 5.84. The number of fused-ring (bicyclic) bond motifs is 1. The monoisotopic (exact) mass is 354 g/mol. The van der Waals surface area contributed by atoms with Crippen LogP contribution in [0.1, 0.15) is 33.3 Å². The molecule has 3 rings (SSSR count). The molecule has 2 aromatic heterocycles. The fourth-order valence-electron chi connectivity index (χ4n) is 2.51. The fourth-order valence-corrected chi connectivity index (χ4v) is 2.51. The molecule has 1 aromatic carbocycles. The second-order valence-corrected chi connectivity index (χ2v) is 6.93. The summed E-state index contributed by atoms with van der Waals surface area (Å²) < 4.78 is 5.32. The lowest BCUT2D eigenvalue weighted by molar-refractivity contribution is 0.0786. The summed E-state index contributed by atoms with van der Waals surface area (Å²) >= 11 is 0. The Morgan fingerprint density at radius 3 is 2.81 bits per heavy atom. The highest BCUT2D eigenvalue weighted by Crippen LogP contribution is 2.28. The predicted molar refractivity (Wildman–Crippen MR) is 98.9 cm³/mol. The number of hydrogen-bond donors (Lipinski definition) is 3. The second-order valence-electron chi connectivity index (χ2n) is 6.93. The SMILES string of the molecule is CC(C)NC(=O)Oc1c[nH]c2ncc(-c3cccc(C(C)(C)O)c3)nc12. The van der Waals surface area contributed by atoms with Gasteiger partial charge < -0.3 is 20.1 Å². The molecule has 1 amide bonds. The van der Waals surface area contributed by atoms with Gasteiger partial charge in [0, 0.05) is 17.8 Å². The largest absolute Gasteiger partial charge is 0.412 e. The third-order valence-electron chi connectivity index (χ3n) is 3.82. The summed E-state index contributed by atoms with van der Waals surface area (Å²) in [5, 5.41) is 12.9. The van der Waals surface area contributed by atoms with Crippen LogP contribution in [0.15, 0.2) is 36.7 Å². The summed E-state index contributed by atoms with van der Waals surface area (Å²) in [6.07, 6.45) is 2.65. The van der Waals surface area contributed by atoms with Crippen molar-refractivity contribution in [2.45, 2.75) is 39.3 Å². The lowest BCUT2D eigenvalue weighted by Crippen LogP contribution is -2.32. The first-order valence-electron chi connectivity index (χ1n) is 8.40. The minimum Gasteiger partial charge on any atom is -0.406 e. The van der Waals surface area contributed by atoms with Crippen LogP contribution < -0.4 is 10.1 Å². The van der Waals surface area contributed by atoms with E-state index in [1.54, 1.807) is 26.2 Å². The Morgan fingerprint density at radius 2 is 2.12 bits per heavy atom. The van der Waals surface area contributed by atoms with E-state index in [-0.39, 0.29) is 6.04 Å². The van der Waals surface area contributed by atoms with Gasteiger partial charge in [0.05, 0.1) is 17.5 Å². The van der Waals surface area contributed by atoms with Crippen LogP contribution in [0.4, 0.5) is 4.79 Å². The minimum absolute atomic E-state index is 0.0288. The zero-order valence-electron chi connectivity index (χ0n) is 15.2. The maximum atomic E-state index is 11.9. The van der Waals surface area contributed by atoms with Gasteiger partial charge >= 0.3 is 6.09 Å². The van der Waals surface area contributed by atoms with Crippen molar-refractivity contribution in [3.05, 3.63) is 42.2 Å². The van der Waals surface area contributed by atoms with Gasteiger partial charge in [-0.3, -0.25) is 0 Å². The van der Waals surface area contributed by atoms with Crippen molar-refractivity contribution in [2.24, 2.45) is 0 Å². The van der Waals surface area contributed by atoms with Gasteiger partial charge in [-0.1, -0.05) is 18.2 Å². The van der Waals surface area contributed by atoms with Gasteiger partial charge in [-0.05, 0) is 39.3 Å². The summed E-state index contributed by atoms with van der Waals surface area (Å²) in [5.74, 6) is 0.311. The van der Waals surface area contributed by atoms with Gasteiger partial charge in [0.25, 0.3) is 0 Å². The number of carbonyl (C=O) groups excluding carboxylic acids is 1. The van der Waals surface area contributed by atoms with Crippen molar-refractivity contribution in [3.63, 3.8) is 0 Å². The Hall–Kier alpha value is -2.93. The van der Waals surface area contributed by atoms with Crippen molar-refractivity contribution in [1.29, 1.82) is 0 Å². The number of benzene rings is 1. The van der Waals surface area contributed by atoms with Crippen LogP contribution in [0.3, 0.4) is 0 Å². The quantitative estimate of drug-likeness (QED) is 0.667. The minimum atomic E-state index is -0.954. The molecule has 2 heterocycles. The molecule has 0 unspecified atom stereocenters. The average molecular weight is 354 g/mol. The Morgan fingerprint density at radius 1 is 1.35 bits per heavy atom. The zero-order valence-corrected chi connectivity index (χ0v) is 15.2. The van der Waals surface area contributed by atoms with E-state index in [2.05, 4.69) is 20.3 Å². The number of ether oxygens (including phenoxy) is 1. The lowest BCUT2D eigenvalue weighted by Gasteiger charge is -2.18. The average Bonchev–Trinajstić information content (AvgIpc) is 2.95. The van der Waals surface area contributed by atoms with E-state index in [0.717, 1.165) is 11.1 Å². The Balaban J connectivity index is 1.96. The fraction of sp³-hybridized carbons (Fsp3) is 0.316. The maximum Gasteiger partial charge on any atom is 0.412 e. The molecule has 0 atom stereocenters. The van der Waals surface area contributed by atoms with E-state index >= 15 is 0 Å². The van der Waals surface area contributed by atoms with Crippen LogP contribution >= 0.6 is 0 Å². The molecule has 0 saturated carbocycles. The molecule has 0 radical (unpaired) electrons. The summed E-state index contributed by atoms with van der Waals surface area (Å²) in [4.78, 5) is 23.7. The first-order valence-corrected chi connectivity index (χ1v) is 8.40. The molecule has 3 N–H and O–H groups in total. The summed E-state index contributed by atoms with van der Waals surface area (Å²) in [6, 6.07) is 7.45. The number of nitrogens with one attached hydrogen (secondary N) is 2. The van der Waals surface area contributed by atoms with E-state index in [1.807, 2.05) is 38.1 Å². The summed E-state index contributed by atoms with van der Waals surface area (Å²) in [6.45, 7) is 7.16. The number of aliphatic hydroxyl groups is 1. The Kier molecular flexibility index (Phi) is 4.65. The number of amides is 1. The van der Waals surface area contributed by atoms with Gasteiger partial charge in [0.15, 0.2) is 16.9 Å². The van der Waals surface area contributed by atoms with Crippen LogP contribution in [0.25, 0.3) is 22.4 Å². The topological polar surface area (TPSA) is 100 Å². The number of aromatic nitrogens is 3. The van der Waals surface area contributed by atoms with E-state index in [0.29, 0.717) is 22.6 Å². The summed E-state index contributed by atoms with van der Waals surface area (Å²) in [5.41, 5.74) is 2.26. The molecule has 26 heavy (non-hydrogen) atoms. The van der Waals surface area contributed by atoms with Crippen molar-refractivity contribution >= 4 is 17.3 Å². The normalized spacial score (nSPS) is 11.8. The van der Waals surface area contributed by atoms with E-state index in [9.17, 15) is 9.90 Å². The number of carbonyl (C=O) groups is 1. The third kappa shape index (κ3) is 3.83. The Bertz CT molecular complexity index is 941. The van der Waals surface area contributed by atoms with Crippen molar-refractivity contribution in [3.8, 4) is 17.0 Å². The number of H-pyrrole nitrogens is 1. The first-order chi connectivity index (χ1) is 12.2. The molecule has 0 bridgehead atoms. The molecule has 0 saturated heterocycles. The lowest BCUT2D eigenvalue weighted by atomic mass is 9.96. The van der Waals surface area contributed by atoms with Crippen molar-refractivity contribution in [2.75, 3.05) is 0 Å². The van der Waals surface area contributed by atoms with E-state index < -0.39 is 11.7 Å². The second kappa shape index (κ2) is 6.76. The number of rotatable bonds is 4. The van der Waals surface area contributed by atoms with Crippen LogP contribution in [0.5, 0.6) is 5.75 Å². The van der Waals surface area contributed by atoms with Crippen molar-refractivity contribution in [1.82, 2.24) is 20.3 Å². The zero-order chi connectivity index (χ0) is 18.9. The molecule has 0 fully saturated rings. The highest BCUT2D eigenvalue weighted by Gasteiger charge is 2.18. The standard InChI is InChI=1S/C19H22N4O3/c1-11(2)22-18(24)26-15-10-21-17-16(15)23-14(9-20-17)12-6-5-7-13(8-12)19(3,4)25/h5-11,25H,1-4H3,(H,20,21)(H,22,24).